The van der Waals surface area contributed by atoms with Crippen molar-refractivity contribution < 1.29 is 23.9 Å². The Bertz CT molecular complexity index is 878. The van der Waals surface area contributed by atoms with Gasteiger partial charge in [-0.15, -0.1) is 0 Å². The van der Waals surface area contributed by atoms with Crippen LogP contribution in [0.25, 0.3) is 0 Å². The Hall–Kier alpha value is -2.77. The van der Waals surface area contributed by atoms with Gasteiger partial charge in [0.15, 0.2) is 11.5 Å². The Morgan fingerprint density at radius 2 is 1.75 bits per heavy atom. The first-order valence-electron chi connectivity index (χ1n) is 11.6. The van der Waals surface area contributed by atoms with Crippen molar-refractivity contribution in [2.45, 2.75) is 56.9 Å². The third-order valence-electron chi connectivity index (χ3n) is 7.06. The zero-order valence-electron chi connectivity index (χ0n) is 19.0. The van der Waals surface area contributed by atoms with Gasteiger partial charge in [-0.1, -0.05) is 31.7 Å². The number of rotatable bonds is 7. The highest BCUT2D eigenvalue weighted by atomic mass is 16.5. The molecule has 3 aliphatic rings. The molecule has 1 spiro atoms. The van der Waals surface area contributed by atoms with Crippen molar-refractivity contribution in [1.29, 1.82) is 0 Å². The molecule has 174 valence electrons. The minimum Gasteiger partial charge on any atom is -0.493 e. The maximum atomic E-state index is 13.1. The molecule has 0 aromatic heterocycles. The summed E-state index contributed by atoms with van der Waals surface area (Å²) in [6.45, 7) is 1.47. The maximum Gasteiger partial charge on any atom is 0.325 e. The molecule has 0 bridgehead atoms. The largest absolute Gasteiger partial charge is 0.493 e. The minimum atomic E-state index is -0.719. The number of carbonyl (C=O) groups is 3. The van der Waals surface area contributed by atoms with Gasteiger partial charge in [0.25, 0.3) is 5.91 Å². The maximum absolute atomic E-state index is 13.1. The van der Waals surface area contributed by atoms with Crippen molar-refractivity contribution in [1.82, 2.24) is 15.1 Å². The molecule has 1 saturated carbocycles. The number of urea groups is 1. The number of carbonyl (C=O) groups excluding carboxylic acids is 3. The van der Waals surface area contributed by atoms with E-state index in [9.17, 15) is 14.4 Å². The second kappa shape index (κ2) is 9.38. The second-order valence-corrected chi connectivity index (χ2v) is 9.19. The van der Waals surface area contributed by atoms with Crippen LogP contribution in [-0.2, 0) is 16.0 Å². The molecule has 1 aromatic rings. The normalized spacial score (nSPS) is 22.9. The molecule has 3 fully saturated rings. The van der Waals surface area contributed by atoms with Gasteiger partial charge in [-0.2, -0.15) is 0 Å². The summed E-state index contributed by atoms with van der Waals surface area (Å²) in [5.74, 6) is 1.30. The van der Waals surface area contributed by atoms with Gasteiger partial charge < -0.3 is 19.7 Å². The smallest absolute Gasteiger partial charge is 0.325 e. The van der Waals surface area contributed by atoms with Gasteiger partial charge in [-0.3, -0.25) is 14.5 Å². The number of nitrogens with one attached hydrogen (secondary N) is 1. The number of benzene rings is 1. The Morgan fingerprint density at radius 3 is 2.44 bits per heavy atom. The predicted octanol–water partition coefficient (Wildman–Crippen LogP) is 2.74. The van der Waals surface area contributed by atoms with Crippen LogP contribution in [0, 0.1) is 5.92 Å². The fourth-order valence-electron chi connectivity index (χ4n) is 5.26. The minimum absolute atomic E-state index is 0.0245. The van der Waals surface area contributed by atoms with Gasteiger partial charge in [0.2, 0.25) is 5.91 Å². The van der Waals surface area contributed by atoms with E-state index in [1.165, 1.54) is 4.90 Å². The van der Waals surface area contributed by atoms with Gasteiger partial charge in [0.1, 0.15) is 5.54 Å². The van der Waals surface area contributed by atoms with Crippen LogP contribution in [0.15, 0.2) is 18.2 Å². The summed E-state index contributed by atoms with van der Waals surface area (Å²) in [6, 6.07) is 5.46. The Balaban J connectivity index is 1.34. The van der Waals surface area contributed by atoms with E-state index in [1.54, 1.807) is 14.2 Å². The molecule has 1 N–H and O–H groups in total. The van der Waals surface area contributed by atoms with Gasteiger partial charge in [0, 0.05) is 32.0 Å². The van der Waals surface area contributed by atoms with Crippen LogP contribution in [0.3, 0.4) is 0 Å². The number of hydrogen-bond acceptors (Lipinski definition) is 5. The molecule has 4 rings (SSSR count). The average molecular weight is 444 g/mol. The molecule has 2 saturated heterocycles. The monoisotopic (exact) mass is 443 g/mol. The molecule has 32 heavy (non-hydrogen) atoms. The summed E-state index contributed by atoms with van der Waals surface area (Å²) in [5, 5.41) is 2.99. The molecule has 8 nitrogen and oxygen atoms in total. The number of hydrogen-bond donors (Lipinski definition) is 1. The first-order chi connectivity index (χ1) is 15.5. The first kappa shape index (κ1) is 22.4. The molecule has 2 heterocycles. The van der Waals surface area contributed by atoms with E-state index in [1.807, 2.05) is 23.1 Å². The summed E-state index contributed by atoms with van der Waals surface area (Å²) >= 11 is 0. The highest BCUT2D eigenvalue weighted by Gasteiger charge is 2.51. The standard InChI is InChI=1S/C24H33N3O5/c1-31-19-8-7-17(13-20(19)32-2)9-12-26-15-18(14-21(26)28)16-27-22(29)24(25-23(27)30)10-5-3-4-6-11-24/h7-8,13,18H,3-6,9-12,14-16H2,1-2H3,(H,25,30). The van der Waals surface area contributed by atoms with Crippen molar-refractivity contribution in [3.8, 4) is 11.5 Å². The van der Waals surface area contributed by atoms with E-state index < -0.39 is 5.54 Å². The van der Waals surface area contributed by atoms with Crippen LogP contribution in [0.1, 0.15) is 50.5 Å². The predicted molar refractivity (Wildman–Crippen MR) is 119 cm³/mol. The Kier molecular flexibility index (Phi) is 6.58. The lowest BCUT2D eigenvalue weighted by atomic mass is 9.90. The van der Waals surface area contributed by atoms with Crippen molar-refractivity contribution in [3.05, 3.63) is 23.8 Å². The number of nitrogens with zero attached hydrogens (tertiary/aromatic N) is 2. The molecule has 1 aromatic carbocycles. The number of methoxy groups -OCH3 is 2. The van der Waals surface area contributed by atoms with E-state index in [0.29, 0.717) is 44.0 Å². The number of imide groups is 1. The average Bonchev–Trinajstić information content (AvgIpc) is 3.12. The fraction of sp³-hybridized carbons (Fsp3) is 0.625. The number of ether oxygens (including phenoxy) is 2. The van der Waals surface area contributed by atoms with Crippen molar-refractivity contribution in [3.63, 3.8) is 0 Å². The van der Waals surface area contributed by atoms with Gasteiger partial charge >= 0.3 is 6.03 Å². The fourth-order valence-corrected chi connectivity index (χ4v) is 5.26. The third-order valence-corrected chi connectivity index (χ3v) is 7.06. The Labute approximate surface area is 189 Å². The van der Waals surface area contributed by atoms with Gasteiger partial charge in [-0.25, -0.2) is 4.79 Å². The summed E-state index contributed by atoms with van der Waals surface area (Å²) in [6.07, 6.45) is 6.65. The quantitative estimate of drug-likeness (QED) is 0.655. The van der Waals surface area contributed by atoms with E-state index in [4.69, 9.17) is 9.47 Å². The van der Waals surface area contributed by atoms with Crippen LogP contribution in [0.2, 0.25) is 0 Å². The molecule has 1 atom stereocenters. The first-order valence-corrected chi connectivity index (χ1v) is 11.6. The van der Waals surface area contributed by atoms with Crippen molar-refractivity contribution in [2.75, 3.05) is 33.9 Å². The Morgan fingerprint density at radius 1 is 1.03 bits per heavy atom. The summed E-state index contributed by atoms with van der Waals surface area (Å²) in [4.78, 5) is 41.5. The van der Waals surface area contributed by atoms with Crippen LogP contribution in [-0.4, -0.2) is 67.0 Å². The SMILES string of the molecule is COc1ccc(CCN2CC(CN3C(=O)NC4(CCCCCC4)C3=O)CC2=O)cc1OC. The van der Waals surface area contributed by atoms with Crippen LogP contribution in [0.5, 0.6) is 11.5 Å². The topological polar surface area (TPSA) is 88.2 Å². The lowest BCUT2D eigenvalue weighted by Gasteiger charge is -2.25. The number of likely N-dealkylation sites (tertiary alicyclic amines) is 1. The van der Waals surface area contributed by atoms with E-state index in [0.717, 1.165) is 44.1 Å². The highest BCUT2D eigenvalue weighted by molar-refractivity contribution is 6.07. The molecule has 1 aliphatic carbocycles. The van der Waals surface area contributed by atoms with Crippen LogP contribution < -0.4 is 14.8 Å². The number of amides is 4. The van der Waals surface area contributed by atoms with Gasteiger partial charge in [-0.05, 0) is 37.0 Å². The van der Waals surface area contributed by atoms with Crippen LogP contribution >= 0.6 is 0 Å². The van der Waals surface area contributed by atoms with E-state index >= 15 is 0 Å². The summed E-state index contributed by atoms with van der Waals surface area (Å²) in [5.41, 5.74) is 0.340. The lowest BCUT2D eigenvalue weighted by Crippen LogP contribution is -2.46. The molecular formula is C24H33N3O5. The molecule has 2 aliphatic heterocycles. The third kappa shape index (κ3) is 4.40. The van der Waals surface area contributed by atoms with E-state index in [2.05, 4.69) is 5.32 Å². The lowest BCUT2D eigenvalue weighted by molar-refractivity contribution is -0.132. The van der Waals surface area contributed by atoms with Crippen LogP contribution in [0.4, 0.5) is 4.79 Å². The van der Waals surface area contributed by atoms with E-state index in [-0.39, 0.29) is 23.8 Å². The van der Waals surface area contributed by atoms with Crippen molar-refractivity contribution >= 4 is 17.8 Å². The zero-order chi connectivity index (χ0) is 22.7. The molecular weight excluding hydrogens is 410 g/mol. The molecule has 4 amide bonds. The highest BCUT2D eigenvalue weighted by Crippen LogP contribution is 2.34. The summed E-state index contributed by atoms with van der Waals surface area (Å²) in [7, 11) is 3.20. The zero-order valence-corrected chi connectivity index (χ0v) is 19.0. The summed E-state index contributed by atoms with van der Waals surface area (Å²) < 4.78 is 10.6. The van der Waals surface area contributed by atoms with Gasteiger partial charge in [0.05, 0.1) is 14.2 Å². The molecule has 8 heteroatoms. The van der Waals surface area contributed by atoms with Crippen molar-refractivity contribution in [2.24, 2.45) is 5.92 Å². The molecule has 1 unspecified atom stereocenters. The second-order valence-electron chi connectivity index (χ2n) is 9.19. The molecule has 0 radical (unpaired) electrons.